The van der Waals surface area contributed by atoms with Crippen LogP contribution in [0.25, 0.3) is 11.1 Å². The second-order valence-electron chi connectivity index (χ2n) is 8.50. The van der Waals surface area contributed by atoms with Crippen LogP contribution in [0.1, 0.15) is 40.4 Å². The van der Waals surface area contributed by atoms with Crippen LogP contribution in [0.3, 0.4) is 0 Å². The molecule has 0 bridgehead atoms. The molecule has 1 aliphatic rings. The molecule has 0 atom stereocenters. The van der Waals surface area contributed by atoms with E-state index in [9.17, 15) is 18.3 Å². The minimum Gasteiger partial charge on any atom is -0.477 e. The van der Waals surface area contributed by atoms with Gasteiger partial charge in [0.05, 0.1) is 13.2 Å². The average Bonchev–Trinajstić information content (AvgIpc) is 3.30. The van der Waals surface area contributed by atoms with Gasteiger partial charge in [0.1, 0.15) is 0 Å². The molecule has 8 nitrogen and oxygen atoms in total. The highest BCUT2D eigenvalue weighted by Gasteiger charge is 2.24. The third-order valence-corrected chi connectivity index (χ3v) is 7.13. The molecule has 2 aromatic carbocycles. The molecule has 1 fully saturated rings. The molecule has 1 saturated heterocycles. The molecule has 0 unspecified atom stereocenters. The van der Waals surface area contributed by atoms with E-state index in [0.717, 1.165) is 32.5 Å². The second kappa shape index (κ2) is 10.5. The van der Waals surface area contributed by atoms with Crippen LogP contribution in [0.5, 0.6) is 0 Å². The first-order chi connectivity index (χ1) is 16.3. The fourth-order valence-corrected chi connectivity index (χ4v) is 5.11. The minimum atomic E-state index is -4.20. The van der Waals surface area contributed by atoms with E-state index >= 15 is 0 Å². The van der Waals surface area contributed by atoms with Crippen molar-refractivity contribution in [3.63, 3.8) is 0 Å². The Hall–Kier alpha value is -2.98. The maximum atomic E-state index is 11.7. The van der Waals surface area contributed by atoms with Crippen LogP contribution in [0, 0.1) is 0 Å². The van der Waals surface area contributed by atoms with Crippen molar-refractivity contribution in [2.24, 2.45) is 5.14 Å². The first kappa shape index (κ1) is 24.2. The summed E-state index contributed by atoms with van der Waals surface area (Å²) in [7, 11) is -4.20. The number of hydrogen-bond donors (Lipinski definition) is 2. The van der Waals surface area contributed by atoms with Crippen molar-refractivity contribution in [2.75, 3.05) is 26.2 Å². The number of nitrogens with two attached hydrogens (primary N) is 1. The maximum absolute atomic E-state index is 11.7. The van der Waals surface area contributed by atoms with Crippen molar-refractivity contribution in [3.05, 3.63) is 83.7 Å². The number of likely N-dealkylation sites (tertiary alicyclic amines) is 1. The number of aromatic carboxylic acids is 1. The van der Waals surface area contributed by atoms with E-state index < -0.39 is 16.2 Å². The summed E-state index contributed by atoms with van der Waals surface area (Å²) in [6, 6.07) is 19.3. The van der Waals surface area contributed by atoms with Gasteiger partial charge in [0.2, 0.25) is 0 Å². The lowest BCUT2D eigenvalue weighted by atomic mass is 9.88. The van der Waals surface area contributed by atoms with Crippen molar-refractivity contribution in [2.45, 2.75) is 25.4 Å². The van der Waals surface area contributed by atoms with E-state index in [0.29, 0.717) is 34.2 Å². The van der Waals surface area contributed by atoms with Gasteiger partial charge < -0.3 is 14.7 Å². The van der Waals surface area contributed by atoms with Crippen LogP contribution in [0.15, 0.2) is 66.9 Å². The number of carboxylic acids is 1. The van der Waals surface area contributed by atoms with E-state index in [1.54, 1.807) is 0 Å². The number of nitrogens with zero attached hydrogens (tertiary/aromatic N) is 2. The van der Waals surface area contributed by atoms with Gasteiger partial charge in [-0.05, 0) is 54.6 Å². The Bertz CT molecular complexity index is 1220. The van der Waals surface area contributed by atoms with Crippen molar-refractivity contribution in [1.82, 2.24) is 8.87 Å². The minimum absolute atomic E-state index is 0.318. The van der Waals surface area contributed by atoms with Gasteiger partial charge in [-0.2, -0.15) is 8.42 Å². The number of carboxylic acid groups (broad SMARTS) is 1. The predicted molar refractivity (Wildman–Crippen MR) is 130 cm³/mol. The molecule has 0 radical (unpaired) electrons. The van der Waals surface area contributed by atoms with Crippen LogP contribution in [0.2, 0.25) is 0 Å². The zero-order valence-corrected chi connectivity index (χ0v) is 19.7. The summed E-state index contributed by atoms with van der Waals surface area (Å²) in [6.07, 6.45) is 3.25. The lowest BCUT2D eigenvalue weighted by Crippen LogP contribution is -2.35. The first-order valence-corrected chi connectivity index (χ1v) is 12.8. The second-order valence-corrected chi connectivity index (χ2v) is 9.92. The fourth-order valence-electron chi connectivity index (χ4n) is 4.45. The first-order valence-electron chi connectivity index (χ1n) is 11.2. The van der Waals surface area contributed by atoms with Crippen LogP contribution in [0.4, 0.5) is 0 Å². The zero-order valence-electron chi connectivity index (χ0n) is 18.8. The smallest absolute Gasteiger partial charge is 0.354 e. The molecule has 3 aromatic rings. The van der Waals surface area contributed by atoms with Gasteiger partial charge in [0.15, 0.2) is 5.69 Å². The Morgan fingerprint density at radius 3 is 2.32 bits per heavy atom. The van der Waals surface area contributed by atoms with Crippen molar-refractivity contribution < 1.29 is 23.1 Å². The van der Waals surface area contributed by atoms with Crippen LogP contribution < -0.4 is 5.14 Å². The Labute approximate surface area is 199 Å². The molecule has 4 rings (SSSR count). The summed E-state index contributed by atoms with van der Waals surface area (Å²) in [4.78, 5) is 14.1. The molecule has 9 heteroatoms. The van der Waals surface area contributed by atoms with Crippen molar-refractivity contribution in [1.29, 1.82) is 0 Å². The highest BCUT2D eigenvalue weighted by Crippen LogP contribution is 2.31. The third kappa shape index (κ3) is 5.74. The number of benzene rings is 2. The van der Waals surface area contributed by atoms with Crippen LogP contribution >= 0.6 is 0 Å². The zero-order chi connectivity index (χ0) is 24.1. The maximum Gasteiger partial charge on any atom is 0.354 e. The number of ether oxygens (including phenoxy) is 1. The summed E-state index contributed by atoms with van der Waals surface area (Å²) in [5, 5.41) is 14.7. The predicted octanol–water partition coefficient (Wildman–Crippen LogP) is 3.30. The Morgan fingerprint density at radius 1 is 1.03 bits per heavy atom. The molecular weight excluding hydrogens is 454 g/mol. The highest BCUT2D eigenvalue weighted by molar-refractivity contribution is 7.87. The summed E-state index contributed by atoms with van der Waals surface area (Å²) < 4.78 is 29.8. The molecule has 1 aliphatic heterocycles. The molecule has 0 amide bonds. The van der Waals surface area contributed by atoms with E-state index in [-0.39, 0.29) is 5.69 Å². The number of piperidine rings is 1. The highest BCUT2D eigenvalue weighted by atomic mass is 32.2. The fraction of sp³-hybridized carbons (Fsp3) is 0.320. The summed E-state index contributed by atoms with van der Waals surface area (Å²) in [6.45, 7) is 4.26. The number of rotatable bonds is 9. The van der Waals surface area contributed by atoms with E-state index in [2.05, 4.69) is 17.0 Å². The van der Waals surface area contributed by atoms with Gasteiger partial charge in [0.25, 0.3) is 0 Å². The van der Waals surface area contributed by atoms with Gasteiger partial charge in [-0.1, -0.05) is 54.6 Å². The third-order valence-electron chi connectivity index (χ3n) is 6.27. The summed E-state index contributed by atoms with van der Waals surface area (Å²) in [5.74, 6) is -0.915. The average molecular weight is 484 g/mol. The van der Waals surface area contributed by atoms with Crippen molar-refractivity contribution >= 4 is 16.2 Å². The largest absolute Gasteiger partial charge is 0.477 e. The lowest BCUT2D eigenvalue weighted by Gasteiger charge is -2.32. The van der Waals surface area contributed by atoms with E-state index in [1.165, 1.54) is 23.4 Å². The SMILES string of the molecule is NS(=O)(=O)n1ccc(-c2ccc(C3CCN(CCOCc4ccccc4)CC3)cc2)c1C(=O)O. The molecule has 34 heavy (non-hydrogen) atoms. The molecule has 2 heterocycles. The number of aromatic nitrogens is 1. The number of carbonyl (C=O) groups is 1. The van der Waals surface area contributed by atoms with Crippen molar-refractivity contribution in [3.8, 4) is 11.1 Å². The van der Waals surface area contributed by atoms with Gasteiger partial charge in [-0.15, -0.1) is 0 Å². The summed E-state index contributed by atoms with van der Waals surface area (Å²) >= 11 is 0. The summed E-state index contributed by atoms with van der Waals surface area (Å²) in [5.41, 5.74) is 2.97. The molecule has 0 aliphatic carbocycles. The molecule has 1 aromatic heterocycles. The van der Waals surface area contributed by atoms with E-state index in [1.807, 2.05) is 42.5 Å². The van der Waals surface area contributed by atoms with Gasteiger partial charge in [0, 0.05) is 18.3 Å². The Balaban J connectivity index is 1.31. The van der Waals surface area contributed by atoms with Gasteiger partial charge in [-0.3, -0.25) is 0 Å². The molecule has 0 spiro atoms. The molecule has 3 N–H and O–H groups in total. The lowest BCUT2D eigenvalue weighted by molar-refractivity contribution is 0.0690. The topological polar surface area (TPSA) is 115 Å². The normalized spacial score (nSPS) is 15.4. The molecule has 0 saturated carbocycles. The molecule has 180 valence electrons. The van der Waals surface area contributed by atoms with Gasteiger partial charge >= 0.3 is 16.2 Å². The van der Waals surface area contributed by atoms with Gasteiger partial charge in [-0.25, -0.2) is 13.9 Å². The molecular formula is C25H29N3O5S. The quantitative estimate of drug-likeness (QED) is 0.451. The van der Waals surface area contributed by atoms with Crippen LogP contribution in [-0.4, -0.2) is 54.6 Å². The van der Waals surface area contributed by atoms with E-state index in [4.69, 9.17) is 9.88 Å². The Kier molecular flexibility index (Phi) is 7.47. The number of hydrogen-bond acceptors (Lipinski definition) is 5. The monoisotopic (exact) mass is 483 g/mol. The standard InChI is InChI=1S/C25H29N3O5S/c26-34(31,32)28-15-12-23(24(28)25(29)30)22-8-6-20(7-9-22)21-10-13-27(14-11-21)16-17-33-18-19-4-2-1-3-5-19/h1-9,12,15,21H,10-11,13-14,16-18H2,(H,29,30)(H2,26,31,32). The Morgan fingerprint density at radius 2 is 1.71 bits per heavy atom. The van der Waals surface area contributed by atoms with Crippen LogP contribution in [-0.2, 0) is 21.6 Å².